The van der Waals surface area contributed by atoms with Gasteiger partial charge in [-0.05, 0) is 76.9 Å². The van der Waals surface area contributed by atoms with Crippen LogP contribution >= 0.6 is 22.6 Å². The molecule has 0 heterocycles. The standard InChI is InChI=1S/C27H25IN2O5/c1-3-30(16(2)26(32)33)25(31)17-12-18(28)14-19(13-17)29-27(34)35-15-24-22-10-6-4-8-20(22)21-9-5-7-11-23(21)24/h4-14,16,24H,3,15H2,1-2H3,(H,29,34)(H,32,33). The third-order valence-electron chi connectivity index (χ3n) is 6.16. The van der Waals surface area contributed by atoms with Crippen molar-refractivity contribution in [2.75, 3.05) is 18.5 Å². The first kappa shape index (κ1) is 24.7. The van der Waals surface area contributed by atoms with Gasteiger partial charge in [0.15, 0.2) is 0 Å². The van der Waals surface area contributed by atoms with E-state index in [-0.39, 0.29) is 19.1 Å². The molecule has 1 aliphatic carbocycles. The van der Waals surface area contributed by atoms with Crippen LogP contribution in [0.25, 0.3) is 11.1 Å². The second-order valence-corrected chi connectivity index (χ2v) is 9.53. The Morgan fingerprint density at radius 3 is 2.20 bits per heavy atom. The summed E-state index contributed by atoms with van der Waals surface area (Å²) < 4.78 is 6.32. The van der Waals surface area contributed by atoms with E-state index in [0.29, 0.717) is 11.3 Å². The third kappa shape index (κ3) is 5.17. The van der Waals surface area contributed by atoms with Crippen molar-refractivity contribution in [3.63, 3.8) is 0 Å². The van der Waals surface area contributed by atoms with Gasteiger partial charge < -0.3 is 14.7 Å². The third-order valence-corrected chi connectivity index (χ3v) is 6.78. The van der Waals surface area contributed by atoms with E-state index in [0.717, 1.165) is 25.8 Å². The lowest BCUT2D eigenvalue weighted by molar-refractivity contribution is -0.141. The van der Waals surface area contributed by atoms with E-state index in [1.807, 2.05) is 24.3 Å². The van der Waals surface area contributed by atoms with Crippen LogP contribution in [0.2, 0.25) is 0 Å². The van der Waals surface area contributed by atoms with Crippen molar-refractivity contribution in [3.8, 4) is 11.1 Å². The van der Waals surface area contributed by atoms with Gasteiger partial charge >= 0.3 is 12.1 Å². The number of likely N-dealkylation sites (N-methyl/N-ethyl adjacent to an activating group) is 1. The van der Waals surface area contributed by atoms with Crippen molar-refractivity contribution in [1.29, 1.82) is 0 Å². The van der Waals surface area contributed by atoms with Gasteiger partial charge in [-0.3, -0.25) is 10.1 Å². The molecular formula is C27H25IN2O5. The first-order valence-electron chi connectivity index (χ1n) is 11.3. The van der Waals surface area contributed by atoms with Crippen LogP contribution in [0.4, 0.5) is 10.5 Å². The summed E-state index contributed by atoms with van der Waals surface area (Å²) in [7, 11) is 0. The van der Waals surface area contributed by atoms with E-state index >= 15 is 0 Å². The molecule has 3 aromatic carbocycles. The highest BCUT2D eigenvalue weighted by atomic mass is 127. The number of rotatable bonds is 7. The summed E-state index contributed by atoms with van der Waals surface area (Å²) in [6.07, 6.45) is -0.626. The van der Waals surface area contributed by atoms with Crippen LogP contribution < -0.4 is 5.32 Å². The average molecular weight is 584 g/mol. The molecule has 0 aromatic heterocycles. The summed E-state index contributed by atoms with van der Waals surface area (Å²) in [5, 5.41) is 12.0. The molecule has 2 amide bonds. The summed E-state index contributed by atoms with van der Waals surface area (Å²) in [5.41, 5.74) is 5.23. The predicted molar refractivity (Wildman–Crippen MR) is 142 cm³/mol. The number of nitrogens with one attached hydrogen (secondary N) is 1. The molecule has 1 atom stereocenters. The molecule has 7 nitrogen and oxygen atoms in total. The molecule has 180 valence electrons. The number of halogens is 1. The highest BCUT2D eigenvalue weighted by molar-refractivity contribution is 14.1. The number of nitrogens with zero attached hydrogens (tertiary/aromatic N) is 1. The summed E-state index contributed by atoms with van der Waals surface area (Å²) in [6, 6.07) is 20.1. The smallest absolute Gasteiger partial charge is 0.411 e. The van der Waals surface area contributed by atoms with Crippen molar-refractivity contribution < 1.29 is 24.2 Å². The van der Waals surface area contributed by atoms with Gasteiger partial charge in [0.05, 0.1) is 0 Å². The molecule has 0 saturated carbocycles. The normalized spacial score (nSPS) is 12.9. The number of fused-ring (bicyclic) bond motifs is 3. The van der Waals surface area contributed by atoms with Crippen LogP contribution in [0.3, 0.4) is 0 Å². The predicted octanol–water partition coefficient (Wildman–Crippen LogP) is 5.59. The van der Waals surface area contributed by atoms with Gasteiger partial charge in [0.2, 0.25) is 0 Å². The molecule has 0 spiro atoms. The van der Waals surface area contributed by atoms with E-state index in [4.69, 9.17) is 4.74 Å². The summed E-state index contributed by atoms with van der Waals surface area (Å²) in [6.45, 7) is 3.61. The molecule has 2 N–H and O–H groups in total. The lowest BCUT2D eigenvalue weighted by atomic mass is 9.98. The van der Waals surface area contributed by atoms with Gasteiger partial charge in [0, 0.05) is 27.3 Å². The molecule has 8 heteroatoms. The second-order valence-electron chi connectivity index (χ2n) is 8.28. The minimum absolute atomic E-state index is 0.0585. The maximum Gasteiger partial charge on any atom is 0.411 e. The van der Waals surface area contributed by atoms with E-state index in [1.54, 1.807) is 19.1 Å². The Hall–Kier alpha value is -3.40. The lowest BCUT2D eigenvalue weighted by Crippen LogP contribution is -2.43. The molecule has 0 fully saturated rings. The van der Waals surface area contributed by atoms with E-state index in [9.17, 15) is 19.5 Å². The summed E-state index contributed by atoms with van der Waals surface area (Å²) in [5.74, 6) is -1.56. The number of hydrogen-bond acceptors (Lipinski definition) is 4. The zero-order chi connectivity index (χ0) is 25.1. The van der Waals surface area contributed by atoms with E-state index in [2.05, 4.69) is 52.2 Å². The van der Waals surface area contributed by atoms with Gasteiger partial charge in [0.1, 0.15) is 12.6 Å². The highest BCUT2D eigenvalue weighted by Gasteiger charge is 2.29. The van der Waals surface area contributed by atoms with Crippen molar-refractivity contribution in [3.05, 3.63) is 87.0 Å². The maximum atomic E-state index is 13.0. The van der Waals surface area contributed by atoms with Gasteiger partial charge in [-0.25, -0.2) is 9.59 Å². The number of aliphatic carboxylic acids is 1. The van der Waals surface area contributed by atoms with Crippen LogP contribution in [-0.2, 0) is 9.53 Å². The van der Waals surface area contributed by atoms with Crippen molar-refractivity contribution >= 4 is 46.2 Å². The SMILES string of the molecule is CCN(C(=O)c1cc(I)cc(NC(=O)OCC2c3ccccc3-c3ccccc32)c1)C(C)C(=O)O. The van der Waals surface area contributed by atoms with Crippen LogP contribution in [0.1, 0.15) is 41.3 Å². The van der Waals surface area contributed by atoms with Gasteiger partial charge in [-0.15, -0.1) is 0 Å². The number of carboxylic acid groups (broad SMARTS) is 1. The molecule has 4 rings (SSSR count). The first-order chi connectivity index (χ1) is 16.8. The second kappa shape index (κ2) is 10.5. The zero-order valence-corrected chi connectivity index (χ0v) is 21.5. The number of benzene rings is 3. The molecule has 0 radical (unpaired) electrons. The summed E-state index contributed by atoms with van der Waals surface area (Å²) in [4.78, 5) is 38.3. The molecule has 1 unspecified atom stereocenters. The maximum absolute atomic E-state index is 13.0. The Balaban J connectivity index is 1.47. The molecule has 0 saturated heterocycles. The fraction of sp³-hybridized carbons (Fsp3) is 0.222. The Morgan fingerprint density at radius 1 is 1.03 bits per heavy atom. The van der Waals surface area contributed by atoms with Crippen LogP contribution in [0.5, 0.6) is 0 Å². The number of ether oxygens (including phenoxy) is 1. The number of carbonyl (C=O) groups excluding carboxylic acids is 2. The van der Waals surface area contributed by atoms with E-state index < -0.39 is 24.0 Å². The van der Waals surface area contributed by atoms with Crippen LogP contribution in [-0.4, -0.2) is 47.2 Å². The van der Waals surface area contributed by atoms with Gasteiger partial charge in [0.25, 0.3) is 5.91 Å². The Morgan fingerprint density at radius 2 is 1.63 bits per heavy atom. The Labute approximate surface area is 217 Å². The largest absolute Gasteiger partial charge is 0.480 e. The summed E-state index contributed by atoms with van der Waals surface area (Å²) >= 11 is 2.05. The lowest BCUT2D eigenvalue weighted by Gasteiger charge is -2.25. The minimum Gasteiger partial charge on any atom is -0.480 e. The fourth-order valence-electron chi connectivity index (χ4n) is 4.43. The molecular weight excluding hydrogens is 559 g/mol. The number of carboxylic acids is 1. The Bertz CT molecular complexity index is 1250. The molecule has 35 heavy (non-hydrogen) atoms. The Kier molecular flexibility index (Phi) is 7.39. The van der Waals surface area contributed by atoms with Crippen LogP contribution in [0.15, 0.2) is 66.7 Å². The monoisotopic (exact) mass is 584 g/mol. The van der Waals surface area contributed by atoms with Crippen molar-refractivity contribution in [1.82, 2.24) is 4.90 Å². The quantitative estimate of drug-likeness (QED) is 0.354. The number of amides is 2. The van der Waals surface area contributed by atoms with Crippen LogP contribution in [0, 0.1) is 3.57 Å². The first-order valence-corrected chi connectivity index (χ1v) is 12.3. The van der Waals surface area contributed by atoms with Gasteiger partial charge in [-0.2, -0.15) is 0 Å². The zero-order valence-electron chi connectivity index (χ0n) is 19.3. The minimum atomic E-state index is -1.08. The van der Waals surface area contributed by atoms with Crippen molar-refractivity contribution in [2.24, 2.45) is 0 Å². The van der Waals surface area contributed by atoms with E-state index in [1.165, 1.54) is 17.9 Å². The molecule has 0 aliphatic heterocycles. The number of hydrogen-bond donors (Lipinski definition) is 2. The molecule has 1 aliphatic rings. The number of anilines is 1. The van der Waals surface area contributed by atoms with Crippen molar-refractivity contribution in [2.45, 2.75) is 25.8 Å². The van der Waals surface area contributed by atoms with Gasteiger partial charge in [-0.1, -0.05) is 48.5 Å². The average Bonchev–Trinajstić information content (AvgIpc) is 3.16. The topological polar surface area (TPSA) is 95.9 Å². The highest BCUT2D eigenvalue weighted by Crippen LogP contribution is 2.44. The fourth-order valence-corrected chi connectivity index (χ4v) is 5.10. The molecule has 3 aromatic rings. The number of carbonyl (C=O) groups is 3. The molecule has 0 bridgehead atoms.